The average Bonchev–Trinajstić information content (AvgIpc) is 2.30. The quantitative estimate of drug-likeness (QED) is 0.661. The molecule has 0 bridgehead atoms. The molecule has 0 amide bonds. The normalized spacial score (nSPS) is 9.11. The molecule has 0 atom stereocenters. The van der Waals surface area contributed by atoms with Crippen molar-refractivity contribution in [3.63, 3.8) is 0 Å². The van der Waals surface area contributed by atoms with Crippen molar-refractivity contribution in [2.45, 2.75) is 0 Å². The molecule has 0 aliphatic carbocycles. The molecular weight excluding hydrogens is 250 g/mol. The zero-order valence-corrected chi connectivity index (χ0v) is 10.4. The molecule has 0 saturated carbocycles. The Morgan fingerprint density at radius 1 is 0.889 bits per heavy atom. The van der Waals surface area contributed by atoms with E-state index in [0.717, 1.165) is 5.75 Å². The lowest BCUT2D eigenvalue weighted by Crippen LogP contribution is -2.21. The Labute approximate surface area is 112 Å². The van der Waals surface area contributed by atoms with Crippen molar-refractivity contribution < 1.29 is 4.74 Å². The first-order chi connectivity index (χ1) is 8.24. The maximum absolute atomic E-state index is 5.65. The number of nitrogens with two attached hydrogens (primary N) is 2. The van der Waals surface area contributed by atoms with Gasteiger partial charge in [0.25, 0.3) is 0 Å². The Hall–Kier alpha value is -2.20. The second-order valence-electron chi connectivity index (χ2n) is 3.45. The van der Waals surface area contributed by atoms with Crippen LogP contribution in [0.5, 0.6) is 11.5 Å². The van der Waals surface area contributed by atoms with E-state index in [1.54, 1.807) is 12.1 Å². The molecule has 0 aliphatic heterocycles. The molecule has 2 aromatic rings. The standard InChI is InChI=1S/C13H13N3O.ClH/c14-13(15)16-10-5-4-8-12(9-10)17-11-6-2-1-3-7-11;/h1-9H,(H4,14,15,16);1H. The highest BCUT2D eigenvalue weighted by molar-refractivity contribution is 5.85. The number of halogens is 1. The molecule has 2 aromatic carbocycles. The summed E-state index contributed by atoms with van der Waals surface area (Å²) in [5, 5.41) is 0. The Morgan fingerprint density at radius 3 is 2.22 bits per heavy atom. The summed E-state index contributed by atoms with van der Waals surface area (Å²) in [5.41, 5.74) is 11.3. The Bertz CT molecular complexity index is 525. The molecule has 5 heteroatoms. The van der Waals surface area contributed by atoms with Crippen molar-refractivity contribution in [3.8, 4) is 11.5 Å². The Balaban J connectivity index is 0.00000162. The van der Waals surface area contributed by atoms with Gasteiger partial charge in [-0.25, -0.2) is 4.99 Å². The van der Waals surface area contributed by atoms with Crippen LogP contribution in [0.2, 0.25) is 0 Å². The Morgan fingerprint density at radius 2 is 1.56 bits per heavy atom. The van der Waals surface area contributed by atoms with Crippen molar-refractivity contribution in [1.29, 1.82) is 0 Å². The van der Waals surface area contributed by atoms with Crippen LogP contribution < -0.4 is 16.2 Å². The van der Waals surface area contributed by atoms with Crippen LogP contribution in [0, 0.1) is 0 Å². The highest BCUT2D eigenvalue weighted by Gasteiger charge is 1.97. The molecule has 0 aromatic heterocycles. The lowest BCUT2D eigenvalue weighted by Gasteiger charge is -2.05. The van der Waals surface area contributed by atoms with Crippen LogP contribution in [-0.4, -0.2) is 5.96 Å². The highest BCUT2D eigenvalue weighted by Crippen LogP contribution is 2.24. The lowest BCUT2D eigenvalue weighted by atomic mass is 10.3. The molecule has 0 saturated heterocycles. The van der Waals surface area contributed by atoms with E-state index < -0.39 is 0 Å². The zero-order chi connectivity index (χ0) is 12.1. The van der Waals surface area contributed by atoms with Gasteiger partial charge in [-0.2, -0.15) is 0 Å². The molecular formula is C13H14ClN3O. The molecule has 4 nitrogen and oxygen atoms in total. The minimum absolute atomic E-state index is 0. The van der Waals surface area contributed by atoms with Crippen LogP contribution in [0.3, 0.4) is 0 Å². The molecule has 0 fully saturated rings. The van der Waals surface area contributed by atoms with E-state index >= 15 is 0 Å². The van der Waals surface area contributed by atoms with Crippen molar-refractivity contribution in [3.05, 3.63) is 54.6 Å². The average molecular weight is 264 g/mol. The first-order valence-electron chi connectivity index (χ1n) is 5.16. The van der Waals surface area contributed by atoms with E-state index in [2.05, 4.69) is 4.99 Å². The van der Waals surface area contributed by atoms with Gasteiger partial charge in [0.1, 0.15) is 11.5 Å². The largest absolute Gasteiger partial charge is 0.457 e. The third-order valence-electron chi connectivity index (χ3n) is 2.05. The SMILES string of the molecule is Cl.NC(N)=Nc1cccc(Oc2ccccc2)c1. The fourth-order valence-electron chi connectivity index (χ4n) is 1.39. The van der Waals surface area contributed by atoms with Crippen LogP contribution >= 0.6 is 12.4 Å². The van der Waals surface area contributed by atoms with Crippen molar-refractivity contribution in [2.75, 3.05) is 0 Å². The Kier molecular flexibility index (Phi) is 5.02. The van der Waals surface area contributed by atoms with Gasteiger partial charge in [0.05, 0.1) is 5.69 Å². The van der Waals surface area contributed by atoms with Gasteiger partial charge in [0.15, 0.2) is 5.96 Å². The summed E-state index contributed by atoms with van der Waals surface area (Å²) in [6, 6.07) is 16.8. The predicted octanol–water partition coefficient (Wildman–Crippen LogP) is 2.81. The van der Waals surface area contributed by atoms with E-state index in [0.29, 0.717) is 11.4 Å². The summed E-state index contributed by atoms with van der Waals surface area (Å²) in [4.78, 5) is 3.95. The number of hydrogen-bond donors (Lipinski definition) is 2. The van der Waals surface area contributed by atoms with Crippen LogP contribution in [0.15, 0.2) is 59.6 Å². The zero-order valence-electron chi connectivity index (χ0n) is 9.61. The number of ether oxygens (including phenoxy) is 1. The summed E-state index contributed by atoms with van der Waals surface area (Å²) >= 11 is 0. The van der Waals surface area contributed by atoms with Gasteiger partial charge in [-0.15, -0.1) is 12.4 Å². The van der Waals surface area contributed by atoms with Crippen LogP contribution in [0.4, 0.5) is 5.69 Å². The van der Waals surface area contributed by atoms with Crippen molar-refractivity contribution >= 4 is 24.1 Å². The van der Waals surface area contributed by atoms with Gasteiger partial charge in [-0.05, 0) is 24.3 Å². The minimum atomic E-state index is 0. The third-order valence-corrected chi connectivity index (χ3v) is 2.05. The van der Waals surface area contributed by atoms with Crippen LogP contribution in [0.25, 0.3) is 0 Å². The van der Waals surface area contributed by atoms with Crippen LogP contribution in [-0.2, 0) is 0 Å². The summed E-state index contributed by atoms with van der Waals surface area (Å²) < 4.78 is 5.65. The molecule has 0 unspecified atom stereocenters. The van der Waals surface area contributed by atoms with Crippen LogP contribution in [0.1, 0.15) is 0 Å². The van der Waals surface area contributed by atoms with Crippen molar-refractivity contribution in [1.82, 2.24) is 0 Å². The molecule has 0 radical (unpaired) electrons. The first-order valence-corrected chi connectivity index (χ1v) is 5.16. The molecule has 0 heterocycles. The second kappa shape index (κ2) is 6.51. The number of hydrogen-bond acceptors (Lipinski definition) is 2. The summed E-state index contributed by atoms with van der Waals surface area (Å²) in [6.07, 6.45) is 0. The number of benzene rings is 2. The highest BCUT2D eigenvalue weighted by atomic mass is 35.5. The topological polar surface area (TPSA) is 73.6 Å². The molecule has 4 N–H and O–H groups in total. The first kappa shape index (κ1) is 13.9. The van der Waals surface area contributed by atoms with Gasteiger partial charge in [0, 0.05) is 6.07 Å². The smallest absolute Gasteiger partial charge is 0.191 e. The molecule has 0 aliphatic rings. The van der Waals surface area contributed by atoms with Gasteiger partial charge < -0.3 is 16.2 Å². The number of nitrogens with zero attached hydrogens (tertiary/aromatic N) is 1. The minimum Gasteiger partial charge on any atom is -0.457 e. The molecule has 94 valence electrons. The molecule has 0 spiro atoms. The second-order valence-corrected chi connectivity index (χ2v) is 3.45. The monoisotopic (exact) mass is 263 g/mol. The van der Waals surface area contributed by atoms with Gasteiger partial charge in [0.2, 0.25) is 0 Å². The lowest BCUT2D eigenvalue weighted by molar-refractivity contribution is 0.483. The fraction of sp³-hybridized carbons (Fsp3) is 0. The van der Waals surface area contributed by atoms with Gasteiger partial charge >= 0.3 is 0 Å². The number of para-hydroxylation sites is 1. The maximum atomic E-state index is 5.65. The predicted molar refractivity (Wildman–Crippen MR) is 75.7 cm³/mol. The summed E-state index contributed by atoms with van der Waals surface area (Å²) in [6.45, 7) is 0. The fourth-order valence-corrected chi connectivity index (χ4v) is 1.39. The number of guanidine groups is 1. The van der Waals surface area contributed by atoms with E-state index in [9.17, 15) is 0 Å². The van der Waals surface area contributed by atoms with E-state index in [1.165, 1.54) is 0 Å². The van der Waals surface area contributed by atoms with E-state index in [-0.39, 0.29) is 18.4 Å². The number of rotatable bonds is 3. The molecule has 2 rings (SSSR count). The third kappa shape index (κ3) is 3.99. The van der Waals surface area contributed by atoms with Crippen molar-refractivity contribution in [2.24, 2.45) is 16.5 Å². The van der Waals surface area contributed by atoms with Gasteiger partial charge in [-0.3, -0.25) is 0 Å². The summed E-state index contributed by atoms with van der Waals surface area (Å²) in [5.74, 6) is 1.50. The molecule has 18 heavy (non-hydrogen) atoms. The summed E-state index contributed by atoms with van der Waals surface area (Å²) in [7, 11) is 0. The van der Waals surface area contributed by atoms with E-state index in [4.69, 9.17) is 16.2 Å². The van der Waals surface area contributed by atoms with E-state index in [1.807, 2.05) is 42.5 Å². The number of aliphatic imine (C=N–C) groups is 1. The van der Waals surface area contributed by atoms with Gasteiger partial charge in [-0.1, -0.05) is 24.3 Å². The maximum Gasteiger partial charge on any atom is 0.191 e.